The van der Waals surface area contributed by atoms with Crippen molar-refractivity contribution in [3.05, 3.63) is 0 Å². The fraction of sp³-hybridized carbons (Fsp3) is 0.857. The van der Waals surface area contributed by atoms with Gasteiger partial charge in [-0.3, -0.25) is 14.5 Å². The molecule has 0 radical (unpaired) electrons. The standard InChI is InChI=1S/C14H28N2O5/c1-13(2,3)21-12(19)10(11(17)18)9-14(4,15)16(5)7-8-20-6/h10H,7-9,15H2,1-6H3,(H,17,18). The fourth-order valence-corrected chi connectivity index (χ4v) is 1.70. The van der Waals surface area contributed by atoms with Crippen LogP contribution in [-0.2, 0) is 19.1 Å². The van der Waals surface area contributed by atoms with Crippen LogP contribution >= 0.6 is 0 Å². The highest BCUT2D eigenvalue weighted by Gasteiger charge is 2.38. The average molecular weight is 304 g/mol. The molecular formula is C14H28N2O5. The number of carboxylic acid groups (broad SMARTS) is 1. The number of carbonyl (C=O) groups excluding carboxylic acids is 1. The number of aliphatic carboxylic acids is 1. The van der Waals surface area contributed by atoms with Crippen molar-refractivity contribution < 1.29 is 24.2 Å². The molecule has 2 atom stereocenters. The monoisotopic (exact) mass is 304 g/mol. The molecule has 0 aromatic carbocycles. The number of hydrogen-bond donors (Lipinski definition) is 2. The van der Waals surface area contributed by atoms with Gasteiger partial charge in [-0.15, -0.1) is 0 Å². The smallest absolute Gasteiger partial charge is 0.320 e. The molecule has 0 fully saturated rings. The van der Waals surface area contributed by atoms with Crippen LogP contribution in [0.4, 0.5) is 0 Å². The summed E-state index contributed by atoms with van der Waals surface area (Å²) >= 11 is 0. The van der Waals surface area contributed by atoms with Crippen LogP contribution < -0.4 is 5.73 Å². The normalized spacial score (nSPS) is 16.4. The summed E-state index contributed by atoms with van der Waals surface area (Å²) in [5.74, 6) is -3.31. The van der Waals surface area contributed by atoms with Gasteiger partial charge in [-0.1, -0.05) is 0 Å². The molecule has 7 heteroatoms. The lowest BCUT2D eigenvalue weighted by Gasteiger charge is -2.37. The van der Waals surface area contributed by atoms with Crippen molar-refractivity contribution in [2.75, 3.05) is 27.3 Å². The molecule has 21 heavy (non-hydrogen) atoms. The van der Waals surface area contributed by atoms with E-state index in [4.69, 9.17) is 15.2 Å². The van der Waals surface area contributed by atoms with Crippen LogP contribution in [-0.4, -0.2) is 60.5 Å². The van der Waals surface area contributed by atoms with E-state index in [0.29, 0.717) is 13.2 Å². The van der Waals surface area contributed by atoms with E-state index < -0.39 is 29.1 Å². The molecule has 7 nitrogen and oxygen atoms in total. The van der Waals surface area contributed by atoms with Crippen molar-refractivity contribution >= 4 is 11.9 Å². The first-order valence-electron chi connectivity index (χ1n) is 6.85. The Bertz CT molecular complexity index is 363. The predicted molar refractivity (Wildman–Crippen MR) is 78.7 cm³/mol. The van der Waals surface area contributed by atoms with E-state index >= 15 is 0 Å². The zero-order valence-electron chi connectivity index (χ0n) is 13.8. The minimum absolute atomic E-state index is 0.0442. The van der Waals surface area contributed by atoms with Gasteiger partial charge in [0.25, 0.3) is 0 Å². The van der Waals surface area contributed by atoms with Crippen LogP contribution in [0.5, 0.6) is 0 Å². The lowest BCUT2D eigenvalue weighted by molar-refractivity contribution is -0.168. The molecule has 3 N–H and O–H groups in total. The highest BCUT2D eigenvalue weighted by molar-refractivity contribution is 5.94. The van der Waals surface area contributed by atoms with E-state index in [0.717, 1.165) is 0 Å². The molecule has 0 rings (SSSR count). The Hall–Kier alpha value is -1.18. The van der Waals surface area contributed by atoms with Crippen LogP contribution in [0, 0.1) is 5.92 Å². The molecule has 0 aliphatic heterocycles. The van der Waals surface area contributed by atoms with Crippen molar-refractivity contribution in [1.82, 2.24) is 4.90 Å². The lowest BCUT2D eigenvalue weighted by atomic mass is 9.95. The van der Waals surface area contributed by atoms with E-state index in [1.165, 1.54) is 0 Å². The van der Waals surface area contributed by atoms with E-state index in [9.17, 15) is 14.7 Å². The zero-order valence-corrected chi connectivity index (χ0v) is 13.8. The predicted octanol–water partition coefficient (Wildman–Crippen LogP) is 0.672. The zero-order chi connectivity index (χ0) is 16.8. The summed E-state index contributed by atoms with van der Waals surface area (Å²) in [4.78, 5) is 25.1. The van der Waals surface area contributed by atoms with Crippen molar-refractivity contribution in [2.24, 2.45) is 11.7 Å². The van der Waals surface area contributed by atoms with Crippen molar-refractivity contribution in [3.63, 3.8) is 0 Å². The van der Waals surface area contributed by atoms with Gasteiger partial charge < -0.3 is 20.3 Å². The van der Waals surface area contributed by atoms with E-state index in [-0.39, 0.29) is 6.42 Å². The number of methoxy groups -OCH3 is 1. The van der Waals surface area contributed by atoms with Gasteiger partial charge in [-0.25, -0.2) is 0 Å². The number of esters is 1. The number of carbonyl (C=O) groups is 2. The van der Waals surface area contributed by atoms with Gasteiger partial charge in [-0.2, -0.15) is 0 Å². The van der Waals surface area contributed by atoms with E-state index in [1.54, 1.807) is 46.8 Å². The van der Waals surface area contributed by atoms with Crippen LogP contribution in [0.1, 0.15) is 34.1 Å². The highest BCUT2D eigenvalue weighted by atomic mass is 16.6. The van der Waals surface area contributed by atoms with Gasteiger partial charge in [-0.05, 0) is 34.7 Å². The van der Waals surface area contributed by atoms with Crippen LogP contribution in [0.25, 0.3) is 0 Å². The molecule has 0 spiro atoms. The van der Waals surface area contributed by atoms with Gasteiger partial charge in [0.15, 0.2) is 5.92 Å². The van der Waals surface area contributed by atoms with Gasteiger partial charge in [0.1, 0.15) is 5.60 Å². The SMILES string of the molecule is COCCN(C)C(C)(N)CC(C(=O)O)C(=O)OC(C)(C)C. The number of nitrogens with two attached hydrogens (primary N) is 1. The maximum Gasteiger partial charge on any atom is 0.320 e. The quantitative estimate of drug-likeness (QED) is 0.386. The molecule has 0 amide bonds. The first kappa shape index (κ1) is 19.8. The number of hydrogen-bond acceptors (Lipinski definition) is 6. The van der Waals surface area contributed by atoms with Crippen LogP contribution in [0.3, 0.4) is 0 Å². The molecule has 0 heterocycles. The van der Waals surface area contributed by atoms with Crippen LogP contribution in [0.2, 0.25) is 0 Å². The van der Waals surface area contributed by atoms with Gasteiger partial charge in [0.2, 0.25) is 0 Å². The Morgan fingerprint density at radius 3 is 2.19 bits per heavy atom. The molecule has 0 saturated carbocycles. The summed E-state index contributed by atoms with van der Waals surface area (Å²) in [6.07, 6.45) is -0.0442. The number of ether oxygens (including phenoxy) is 2. The fourth-order valence-electron chi connectivity index (χ4n) is 1.70. The van der Waals surface area contributed by atoms with Gasteiger partial charge in [0.05, 0.1) is 12.3 Å². The molecule has 0 aliphatic rings. The first-order valence-corrected chi connectivity index (χ1v) is 6.85. The Morgan fingerprint density at radius 2 is 1.81 bits per heavy atom. The Morgan fingerprint density at radius 1 is 1.29 bits per heavy atom. The minimum atomic E-state index is -1.30. The van der Waals surface area contributed by atoms with Crippen molar-refractivity contribution in [2.45, 2.75) is 45.4 Å². The lowest BCUT2D eigenvalue weighted by Crippen LogP contribution is -2.55. The largest absolute Gasteiger partial charge is 0.481 e. The molecule has 0 aromatic heterocycles. The van der Waals surface area contributed by atoms with Gasteiger partial charge >= 0.3 is 11.9 Å². The third kappa shape index (κ3) is 7.40. The number of rotatable bonds is 8. The Kier molecular flexibility index (Phi) is 7.29. The Labute approximate surface area is 126 Å². The summed E-state index contributed by atoms with van der Waals surface area (Å²) < 4.78 is 10.1. The first-order chi connectivity index (χ1) is 9.40. The molecular weight excluding hydrogens is 276 g/mol. The van der Waals surface area contributed by atoms with Gasteiger partial charge in [0, 0.05) is 20.1 Å². The molecule has 0 bridgehead atoms. The summed E-state index contributed by atoms with van der Waals surface area (Å²) in [5.41, 5.74) is 4.44. The second-order valence-electron chi connectivity index (χ2n) is 6.40. The summed E-state index contributed by atoms with van der Waals surface area (Å²) in [7, 11) is 3.33. The molecule has 124 valence electrons. The second-order valence-corrected chi connectivity index (χ2v) is 6.40. The summed E-state index contributed by atoms with van der Waals surface area (Å²) in [5, 5.41) is 9.26. The third-order valence-corrected chi connectivity index (χ3v) is 3.11. The summed E-state index contributed by atoms with van der Waals surface area (Å²) in [6, 6.07) is 0. The number of carboxylic acids is 1. The maximum atomic E-state index is 12.0. The molecule has 0 aliphatic carbocycles. The third-order valence-electron chi connectivity index (χ3n) is 3.11. The maximum absolute atomic E-state index is 12.0. The molecule has 0 aromatic rings. The van der Waals surface area contributed by atoms with Crippen molar-refractivity contribution in [3.8, 4) is 0 Å². The molecule has 0 saturated heterocycles. The Balaban J connectivity index is 4.91. The minimum Gasteiger partial charge on any atom is -0.481 e. The van der Waals surface area contributed by atoms with E-state index in [1.807, 2.05) is 0 Å². The summed E-state index contributed by atoms with van der Waals surface area (Å²) in [6.45, 7) is 7.75. The second kappa shape index (κ2) is 7.72. The topological polar surface area (TPSA) is 102 Å². The number of nitrogens with zero attached hydrogens (tertiary/aromatic N) is 1. The molecule has 2 unspecified atom stereocenters. The van der Waals surface area contributed by atoms with Crippen molar-refractivity contribution in [1.29, 1.82) is 0 Å². The average Bonchev–Trinajstić information content (AvgIpc) is 2.30. The van der Waals surface area contributed by atoms with Crippen LogP contribution in [0.15, 0.2) is 0 Å². The number of likely N-dealkylation sites (N-methyl/N-ethyl adjacent to an activating group) is 1. The highest BCUT2D eigenvalue weighted by Crippen LogP contribution is 2.21. The van der Waals surface area contributed by atoms with E-state index in [2.05, 4.69) is 0 Å².